The van der Waals surface area contributed by atoms with Crippen LogP contribution in [0.4, 0.5) is 0 Å². The summed E-state index contributed by atoms with van der Waals surface area (Å²) in [4.78, 5) is 15.0. The first-order valence-corrected chi connectivity index (χ1v) is 15.1. The molecule has 0 aliphatic heterocycles. The summed E-state index contributed by atoms with van der Waals surface area (Å²) in [5, 5.41) is 18.7. The van der Waals surface area contributed by atoms with Gasteiger partial charge in [0, 0.05) is 22.3 Å². The maximum Gasteiger partial charge on any atom is 0.164 e. The fourth-order valence-corrected chi connectivity index (χ4v) is 6.04. The Hall–Kier alpha value is -6.33. The van der Waals surface area contributed by atoms with Crippen LogP contribution in [0, 0.1) is 10.8 Å². The highest BCUT2D eigenvalue weighted by atomic mass is 15.0. The van der Waals surface area contributed by atoms with Gasteiger partial charge >= 0.3 is 0 Å². The van der Waals surface area contributed by atoms with Crippen LogP contribution in [0.1, 0.15) is 11.1 Å². The van der Waals surface area contributed by atoms with Crippen LogP contribution in [0.5, 0.6) is 0 Å². The predicted octanol–water partition coefficient (Wildman–Crippen LogP) is 9.77. The smallest absolute Gasteiger partial charge is 0.164 e. The van der Waals surface area contributed by atoms with E-state index in [9.17, 15) is 0 Å². The van der Waals surface area contributed by atoms with Crippen LogP contribution < -0.4 is 0 Å². The monoisotopic (exact) mass is 589 g/mol. The molecule has 8 rings (SSSR count). The summed E-state index contributed by atoms with van der Waals surface area (Å²) in [5.41, 5.74) is 9.29. The van der Waals surface area contributed by atoms with Crippen molar-refractivity contribution in [2.45, 2.75) is 0 Å². The van der Waals surface area contributed by atoms with Gasteiger partial charge in [0.1, 0.15) is 0 Å². The van der Waals surface area contributed by atoms with E-state index in [0.29, 0.717) is 17.5 Å². The third kappa shape index (κ3) is 4.90. The minimum atomic E-state index is 0.226. The maximum absolute atomic E-state index is 8.56. The Morgan fingerprint density at radius 1 is 0.413 bits per heavy atom. The summed E-state index contributed by atoms with van der Waals surface area (Å²) in [6, 6.07) is 47.3. The van der Waals surface area contributed by atoms with Crippen molar-refractivity contribution in [2.75, 3.05) is 0 Å². The average molecular weight is 590 g/mol. The highest BCUT2D eigenvalue weighted by Crippen LogP contribution is 2.36. The van der Waals surface area contributed by atoms with E-state index in [1.807, 2.05) is 72.8 Å². The van der Waals surface area contributed by atoms with E-state index in [1.54, 1.807) is 6.08 Å². The number of nitrogens with one attached hydrogen (secondary N) is 2. The number of benzene rings is 6. The summed E-state index contributed by atoms with van der Waals surface area (Å²) in [6.07, 6.45) is 3.60. The van der Waals surface area contributed by atoms with Crippen molar-refractivity contribution >= 4 is 28.3 Å². The largest absolute Gasteiger partial charge is 0.299 e. The molecule has 5 heteroatoms. The number of fused-ring (bicyclic) bond motifs is 3. The molecule has 7 aromatic rings. The highest BCUT2D eigenvalue weighted by Gasteiger charge is 2.19. The number of hydrogen-bond acceptors (Lipinski definition) is 5. The van der Waals surface area contributed by atoms with Gasteiger partial charge in [0.05, 0.1) is 11.4 Å². The molecule has 0 atom stereocenters. The van der Waals surface area contributed by atoms with Crippen LogP contribution in [-0.2, 0) is 0 Å². The van der Waals surface area contributed by atoms with Crippen LogP contribution in [0.2, 0.25) is 0 Å². The molecule has 1 aliphatic rings. The van der Waals surface area contributed by atoms with Gasteiger partial charge in [0.2, 0.25) is 0 Å². The summed E-state index contributed by atoms with van der Waals surface area (Å²) in [6.45, 7) is 0. The van der Waals surface area contributed by atoms with Gasteiger partial charge in [-0.2, -0.15) is 0 Å². The van der Waals surface area contributed by atoms with Crippen molar-refractivity contribution in [1.29, 1.82) is 10.8 Å². The van der Waals surface area contributed by atoms with Crippen molar-refractivity contribution in [3.8, 4) is 56.4 Å². The Kier molecular flexibility index (Phi) is 6.69. The van der Waals surface area contributed by atoms with Gasteiger partial charge in [-0.15, -0.1) is 0 Å². The Morgan fingerprint density at radius 3 is 1.67 bits per heavy atom. The molecular weight excluding hydrogens is 562 g/mol. The van der Waals surface area contributed by atoms with Gasteiger partial charge in [0.25, 0.3) is 0 Å². The molecule has 2 N–H and O–H groups in total. The molecule has 0 fully saturated rings. The minimum absolute atomic E-state index is 0.226. The van der Waals surface area contributed by atoms with Gasteiger partial charge in [-0.1, -0.05) is 140 Å². The van der Waals surface area contributed by atoms with Crippen molar-refractivity contribution in [2.24, 2.45) is 0 Å². The Bertz CT molecular complexity index is 2320. The second-order valence-corrected chi connectivity index (χ2v) is 11.2. The third-order valence-corrected chi connectivity index (χ3v) is 8.40. The minimum Gasteiger partial charge on any atom is -0.299 e. The normalized spacial score (nSPS) is 12.3. The third-order valence-electron chi connectivity index (χ3n) is 8.40. The molecule has 1 aromatic heterocycles. The zero-order chi connectivity index (χ0) is 31.0. The van der Waals surface area contributed by atoms with E-state index >= 15 is 0 Å². The molecule has 0 radical (unpaired) electrons. The van der Waals surface area contributed by atoms with Gasteiger partial charge in [-0.05, 0) is 50.7 Å². The summed E-state index contributed by atoms with van der Waals surface area (Å²) in [5.74, 6) is 1.82. The second kappa shape index (κ2) is 11.3. The fraction of sp³-hybridized carbons (Fsp3) is 0. The van der Waals surface area contributed by atoms with E-state index in [-0.39, 0.29) is 11.4 Å². The van der Waals surface area contributed by atoms with Crippen LogP contribution >= 0.6 is 0 Å². The van der Waals surface area contributed by atoms with Crippen LogP contribution in [-0.4, -0.2) is 26.4 Å². The molecule has 0 saturated heterocycles. The summed E-state index contributed by atoms with van der Waals surface area (Å²) in [7, 11) is 0. The van der Waals surface area contributed by atoms with Crippen LogP contribution in [0.15, 0.2) is 146 Å². The van der Waals surface area contributed by atoms with Crippen molar-refractivity contribution in [3.63, 3.8) is 0 Å². The van der Waals surface area contributed by atoms with Gasteiger partial charge < -0.3 is 0 Å². The quantitative estimate of drug-likeness (QED) is 0.210. The standard InChI is InChI=1S/C41H27N5/c42-36-24-22-28-17-20-32-25-31(21-23-34(32)37(28)38(36)43)33-13-7-8-14-35(33)41-45-39(29-11-5-2-6-12-29)44-40(46-41)30-18-15-27(16-19-30)26-9-3-1-4-10-26/h1-25,42-43H. The number of hydrogen-bond donors (Lipinski definition) is 2. The van der Waals surface area contributed by atoms with E-state index in [0.717, 1.165) is 60.8 Å². The molecule has 0 bridgehead atoms. The SMILES string of the molecule is N=C1C=Cc2ccc3cc(-c4ccccc4-c4nc(-c5ccccc5)nc(-c5ccc(-c6ccccc6)cc5)n4)ccc3c2C1=N. The second-order valence-electron chi connectivity index (χ2n) is 11.2. The maximum atomic E-state index is 8.56. The fourth-order valence-electron chi connectivity index (χ4n) is 6.04. The molecule has 5 nitrogen and oxygen atoms in total. The first-order valence-electron chi connectivity index (χ1n) is 15.1. The summed E-state index contributed by atoms with van der Waals surface area (Å²) >= 11 is 0. The lowest BCUT2D eigenvalue weighted by molar-refractivity contribution is 1.07. The predicted molar refractivity (Wildman–Crippen MR) is 188 cm³/mol. The van der Waals surface area contributed by atoms with E-state index in [1.165, 1.54) is 0 Å². The number of nitrogens with zero attached hydrogens (tertiary/aromatic N) is 3. The lowest BCUT2D eigenvalue weighted by Crippen LogP contribution is -2.16. The Morgan fingerprint density at radius 2 is 0.957 bits per heavy atom. The Labute approximate surface area is 266 Å². The number of allylic oxidation sites excluding steroid dienone is 1. The molecule has 6 aromatic carbocycles. The molecule has 0 saturated carbocycles. The Balaban J connectivity index is 1.26. The highest BCUT2D eigenvalue weighted by molar-refractivity contribution is 6.53. The van der Waals surface area contributed by atoms with Crippen molar-refractivity contribution in [3.05, 3.63) is 157 Å². The molecule has 1 heterocycles. The number of aromatic nitrogens is 3. The van der Waals surface area contributed by atoms with Crippen molar-refractivity contribution in [1.82, 2.24) is 15.0 Å². The molecular formula is C41H27N5. The molecule has 216 valence electrons. The number of rotatable bonds is 5. The molecule has 46 heavy (non-hydrogen) atoms. The van der Waals surface area contributed by atoms with E-state index in [4.69, 9.17) is 25.8 Å². The van der Waals surface area contributed by atoms with Gasteiger partial charge in [-0.3, -0.25) is 10.8 Å². The molecule has 0 unspecified atom stereocenters. The van der Waals surface area contributed by atoms with Crippen molar-refractivity contribution < 1.29 is 0 Å². The lowest BCUT2D eigenvalue weighted by atomic mass is 9.88. The van der Waals surface area contributed by atoms with E-state index < -0.39 is 0 Å². The van der Waals surface area contributed by atoms with Crippen LogP contribution in [0.3, 0.4) is 0 Å². The van der Waals surface area contributed by atoms with Crippen LogP contribution in [0.25, 0.3) is 73.3 Å². The first-order chi connectivity index (χ1) is 22.6. The zero-order valence-corrected chi connectivity index (χ0v) is 24.8. The molecule has 0 spiro atoms. The topological polar surface area (TPSA) is 86.4 Å². The van der Waals surface area contributed by atoms with Gasteiger partial charge in [0.15, 0.2) is 17.5 Å². The lowest BCUT2D eigenvalue weighted by Gasteiger charge is -2.17. The first kappa shape index (κ1) is 27.2. The van der Waals surface area contributed by atoms with Gasteiger partial charge in [-0.25, -0.2) is 15.0 Å². The molecule has 0 amide bonds. The average Bonchev–Trinajstić information content (AvgIpc) is 3.13. The summed E-state index contributed by atoms with van der Waals surface area (Å²) < 4.78 is 0. The van der Waals surface area contributed by atoms with E-state index in [2.05, 4.69) is 72.8 Å². The zero-order valence-electron chi connectivity index (χ0n) is 24.8. The molecule has 1 aliphatic carbocycles.